The van der Waals surface area contributed by atoms with Crippen molar-refractivity contribution in [3.63, 3.8) is 0 Å². The van der Waals surface area contributed by atoms with Crippen LogP contribution in [0, 0.1) is 5.41 Å². The fourth-order valence-electron chi connectivity index (χ4n) is 4.18. The first-order chi connectivity index (χ1) is 12.6. The number of benzene rings is 1. The minimum Gasteiger partial charge on any atom is -0.497 e. The molecule has 1 aromatic heterocycles. The molecule has 2 heterocycles. The van der Waals surface area contributed by atoms with Gasteiger partial charge in [0.2, 0.25) is 0 Å². The molecule has 1 amide bonds. The van der Waals surface area contributed by atoms with Crippen LogP contribution in [0.2, 0.25) is 0 Å². The number of carbonyl (C=O) groups is 1. The van der Waals surface area contributed by atoms with Gasteiger partial charge < -0.3 is 19.5 Å². The molecule has 2 fully saturated rings. The van der Waals surface area contributed by atoms with E-state index < -0.39 is 0 Å². The Morgan fingerprint density at radius 1 is 1.42 bits per heavy atom. The summed E-state index contributed by atoms with van der Waals surface area (Å²) in [4.78, 5) is 19.8. The molecule has 1 N–H and O–H groups in total. The van der Waals surface area contributed by atoms with Crippen molar-refractivity contribution >= 4 is 5.91 Å². The number of amides is 1. The molecule has 2 aliphatic rings. The minimum atomic E-state index is 0.0623. The van der Waals surface area contributed by atoms with Gasteiger partial charge in [-0.05, 0) is 56.0 Å². The molecule has 1 aromatic carbocycles. The van der Waals surface area contributed by atoms with Crippen molar-refractivity contribution in [2.75, 3.05) is 20.2 Å². The molecule has 1 saturated carbocycles. The standard InChI is InChI=1S/C20H26N4O2/c1-23-11-10-22-18(23)14-24(17-13-20(17)6-8-21-9-7-20)19(25)15-4-3-5-16(12-15)26-2/h3-5,10-12,17,21H,6-9,13-14H2,1-2H3/t17-/m1/s1. The van der Waals surface area contributed by atoms with E-state index in [2.05, 4.69) is 10.3 Å². The van der Waals surface area contributed by atoms with Gasteiger partial charge in [0.25, 0.3) is 5.91 Å². The number of aromatic nitrogens is 2. The van der Waals surface area contributed by atoms with Crippen LogP contribution >= 0.6 is 0 Å². The van der Waals surface area contributed by atoms with Crippen molar-refractivity contribution in [2.24, 2.45) is 12.5 Å². The van der Waals surface area contributed by atoms with Crippen LogP contribution < -0.4 is 10.1 Å². The van der Waals surface area contributed by atoms with E-state index in [1.807, 2.05) is 47.0 Å². The maximum Gasteiger partial charge on any atom is 0.254 e. The third-order valence-electron chi connectivity index (χ3n) is 5.93. The molecule has 2 aromatic rings. The van der Waals surface area contributed by atoms with Crippen LogP contribution in [-0.2, 0) is 13.6 Å². The predicted molar refractivity (Wildman–Crippen MR) is 99.0 cm³/mol. The Kier molecular flexibility index (Phi) is 4.44. The Balaban J connectivity index is 1.62. The van der Waals surface area contributed by atoms with Crippen molar-refractivity contribution in [1.29, 1.82) is 0 Å². The number of ether oxygens (including phenoxy) is 1. The van der Waals surface area contributed by atoms with Crippen LogP contribution in [0.25, 0.3) is 0 Å². The van der Waals surface area contributed by atoms with Gasteiger partial charge in [-0.3, -0.25) is 4.79 Å². The summed E-state index contributed by atoms with van der Waals surface area (Å²) in [6.45, 7) is 2.62. The number of hydrogen-bond acceptors (Lipinski definition) is 4. The van der Waals surface area contributed by atoms with Gasteiger partial charge in [-0.15, -0.1) is 0 Å². The van der Waals surface area contributed by atoms with E-state index in [4.69, 9.17) is 4.74 Å². The lowest BCUT2D eigenvalue weighted by molar-refractivity contribution is 0.0685. The highest BCUT2D eigenvalue weighted by Crippen LogP contribution is 2.56. The van der Waals surface area contributed by atoms with Crippen LogP contribution in [0.4, 0.5) is 0 Å². The first-order valence-electron chi connectivity index (χ1n) is 9.25. The number of imidazole rings is 1. The van der Waals surface area contributed by atoms with E-state index in [-0.39, 0.29) is 11.3 Å². The molecule has 1 spiro atoms. The van der Waals surface area contributed by atoms with E-state index in [0.717, 1.165) is 38.2 Å². The van der Waals surface area contributed by atoms with Gasteiger partial charge in [-0.2, -0.15) is 0 Å². The Bertz CT molecular complexity index is 795. The first kappa shape index (κ1) is 17.1. The van der Waals surface area contributed by atoms with Crippen LogP contribution in [0.1, 0.15) is 35.4 Å². The van der Waals surface area contributed by atoms with Gasteiger partial charge in [-0.1, -0.05) is 6.07 Å². The Morgan fingerprint density at radius 2 is 2.23 bits per heavy atom. The van der Waals surface area contributed by atoms with E-state index in [1.54, 1.807) is 13.3 Å². The Morgan fingerprint density at radius 3 is 2.92 bits per heavy atom. The van der Waals surface area contributed by atoms with Gasteiger partial charge in [0, 0.05) is 31.0 Å². The van der Waals surface area contributed by atoms with Crippen molar-refractivity contribution in [2.45, 2.75) is 31.8 Å². The number of hydrogen-bond donors (Lipinski definition) is 1. The number of nitrogens with one attached hydrogen (secondary N) is 1. The molecule has 138 valence electrons. The van der Waals surface area contributed by atoms with Gasteiger partial charge in [0.15, 0.2) is 0 Å². The van der Waals surface area contributed by atoms with Crippen LogP contribution in [0.15, 0.2) is 36.7 Å². The zero-order chi connectivity index (χ0) is 18.1. The molecule has 1 saturated heterocycles. The largest absolute Gasteiger partial charge is 0.497 e. The summed E-state index contributed by atoms with van der Waals surface area (Å²) in [6, 6.07) is 7.72. The van der Waals surface area contributed by atoms with Crippen LogP contribution in [0.3, 0.4) is 0 Å². The second-order valence-electron chi connectivity index (χ2n) is 7.45. The second kappa shape index (κ2) is 6.76. The molecular formula is C20H26N4O2. The molecule has 6 nitrogen and oxygen atoms in total. The molecule has 26 heavy (non-hydrogen) atoms. The molecule has 0 radical (unpaired) electrons. The number of carbonyl (C=O) groups excluding carboxylic acids is 1. The third kappa shape index (κ3) is 3.09. The van der Waals surface area contributed by atoms with Crippen molar-refractivity contribution in [3.05, 3.63) is 48.0 Å². The fourth-order valence-corrected chi connectivity index (χ4v) is 4.18. The topological polar surface area (TPSA) is 59.4 Å². The SMILES string of the molecule is COc1cccc(C(=O)N(Cc2nccn2C)[C@@H]2CC23CCNCC3)c1. The fraction of sp³-hybridized carbons (Fsp3) is 0.500. The Hall–Kier alpha value is -2.34. The average Bonchev–Trinajstić information content (AvgIpc) is 3.19. The summed E-state index contributed by atoms with van der Waals surface area (Å²) < 4.78 is 7.29. The summed E-state index contributed by atoms with van der Waals surface area (Å²) in [5, 5.41) is 3.43. The van der Waals surface area contributed by atoms with Gasteiger partial charge in [0.1, 0.15) is 11.6 Å². The van der Waals surface area contributed by atoms with Crippen molar-refractivity contribution in [1.82, 2.24) is 19.8 Å². The van der Waals surface area contributed by atoms with Crippen LogP contribution in [-0.4, -0.2) is 46.6 Å². The first-order valence-corrected chi connectivity index (χ1v) is 9.25. The summed E-state index contributed by atoms with van der Waals surface area (Å²) in [7, 11) is 3.60. The quantitative estimate of drug-likeness (QED) is 0.894. The maximum absolute atomic E-state index is 13.4. The monoisotopic (exact) mass is 354 g/mol. The summed E-state index contributed by atoms with van der Waals surface area (Å²) >= 11 is 0. The lowest BCUT2D eigenvalue weighted by atomic mass is 9.93. The lowest BCUT2D eigenvalue weighted by Gasteiger charge is -2.29. The molecular weight excluding hydrogens is 328 g/mol. The predicted octanol–water partition coefficient (Wildman–Crippen LogP) is 2.21. The molecule has 4 rings (SSSR count). The zero-order valence-electron chi connectivity index (χ0n) is 15.4. The number of nitrogens with zero attached hydrogens (tertiary/aromatic N) is 3. The summed E-state index contributed by atoms with van der Waals surface area (Å²) in [5.41, 5.74) is 0.958. The van der Waals surface area contributed by atoms with Crippen molar-refractivity contribution < 1.29 is 9.53 Å². The number of piperidine rings is 1. The average molecular weight is 354 g/mol. The van der Waals surface area contributed by atoms with E-state index in [9.17, 15) is 4.79 Å². The van der Waals surface area contributed by atoms with E-state index in [0.29, 0.717) is 23.9 Å². The zero-order valence-corrected chi connectivity index (χ0v) is 15.4. The normalized spacial score (nSPS) is 20.8. The molecule has 6 heteroatoms. The van der Waals surface area contributed by atoms with Gasteiger partial charge in [0.05, 0.1) is 13.7 Å². The van der Waals surface area contributed by atoms with Crippen molar-refractivity contribution in [3.8, 4) is 5.75 Å². The highest BCUT2D eigenvalue weighted by atomic mass is 16.5. The third-order valence-corrected chi connectivity index (χ3v) is 5.93. The smallest absolute Gasteiger partial charge is 0.254 e. The van der Waals surface area contributed by atoms with Crippen LogP contribution in [0.5, 0.6) is 5.75 Å². The maximum atomic E-state index is 13.4. The highest BCUT2D eigenvalue weighted by molar-refractivity contribution is 5.95. The van der Waals surface area contributed by atoms with E-state index >= 15 is 0 Å². The van der Waals surface area contributed by atoms with Gasteiger partial charge in [-0.25, -0.2) is 4.98 Å². The minimum absolute atomic E-state index is 0.0623. The number of rotatable bonds is 5. The summed E-state index contributed by atoms with van der Waals surface area (Å²) in [6.07, 6.45) is 7.09. The molecule has 1 aliphatic heterocycles. The van der Waals surface area contributed by atoms with E-state index in [1.165, 1.54) is 0 Å². The highest BCUT2D eigenvalue weighted by Gasteiger charge is 2.57. The second-order valence-corrected chi connectivity index (χ2v) is 7.45. The lowest BCUT2D eigenvalue weighted by Crippen LogP contribution is -2.39. The molecule has 1 atom stereocenters. The molecule has 0 unspecified atom stereocenters. The number of methoxy groups -OCH3 is 1. The molecule has 1 aliphatic carbocycles. The van der Waals surface area contributed by atoms with Gasteiger partial charge >= 0.3 is 0 Å². The number of aryl methyl sites for hydroxylation is 1. The Labute approximate surface area is 154 Å². The molecule has 0 bridgehead atoms. The summed E-state index contributed by atoms with van der Waals surface area (Å²) in [5.74, 6) is 1.68.